The number of carbonyl (C=O) groups is 2. The van der Waals surface area contributed by atoms with E-state index in [0.29, 0.717) is 38.2 Å². The molecule has 19 nitrogen and oxygen atoms in total. The van der Waals surface area contributed by atoms with E-state index in [-0.39, 0.29) is 42.9 Å². The molecule has 22 heteroatoms. The van der Waals surface area contributed by atoms with Gasteiger partial charge in [-0.05, 0) is 62.2 Å². The number of anilines is 2. The fourth-order valence-electron chi connectivity index (χ4n) is 5.68. The number of benzene rings is 2. The van der Waals surface area contributed by atoms with Crippen LogP contribution in [0.5, 0.6) is 0 Å². The number of amides is 1. The summed E-state index contributed by atoms with van der Waals surface area (Å²) in [6.45, 7) is 4.54. The van der Waals surface area contributed by atoms with Gasteiger partial charge in [-0.25, -0.2) is 9.59 Å². The van der Waals surface area contributed by atoms with E-state index >= 15 is 0 Å². The second-order valence-corrected chi connectivity index (χ2v) is 14.6. The van der Waals surface area contributed by atoms with Crippen LogP contribution in [0.3, 0.4) is 0 Å². The lowest BCUT2D eigenvalue weighted by Crippen LogP contribution is -2.33. The predicted molar refractivity (Wildman–Crippen MR) is 214 cm³/mol. The van der Waals surface area contributed by atoms with E-state index in [1.54, 1.807) is 49.5 Å². The van der Waals surface area contributed by atoms with Crippen LogP contribution in [-0.2, 0) is 14.3 Å². The van der Waals surface area contributed by atoms with Gasteiger partial charge in [0.1, 0.15) is 29.8 Å². The van der Waals surface area contributed by atoms with Crippen LogP contribution in [0, 0.1) is 13.8 Å². The van der Waals surface area contributed by atoms with Gasteiger partial charge in [-0.15, -0.1) is 11.8 Å². The molecule has 2 fully saturated rings. The van der Waals surface area contributed by atoms with Crippen LogP contribution in [0.15, 0.2) is 74.4 Å². The van der Waals surface area contributed by atoms with Gasteiger partial charge in [-0.3, -0.25) is 28.5 Å². The highest BCUT2D eigenvalue weighted by molar-refractivity contribution is 8.00. The van der Waals surface area contributed by atoms with E-state index in [9.17, 15) is 24.0 Å². The van der Waals surface area contributed by atoms with Crippen molar-refractivity contribution in [3.63, 3.8) is 0 Å². The summed E-state index contributed by atoms with van der Waals surface area (Å²) < 4.78 is 13.5. The van der Waals surface area contributed by atoms with E-state index < -0.39 is 47.3 Å². The molecular weight excluding hydrogens is 807 g/mol. The van der Waals surface area contributed by atoms with Crippen LogP contribution in [0.4, 0.5) is 11.5 Å². The van der Waals surface area contributed by atoms with Crippen molar-refractivity contribution in [2.24, 2.45) is 10.8 Å². The summed E-state index contributed by atoms with van der Waals surface area (Å²) in [6, 6.07) is 10.3. The number of azide groups is 1. The number of rotatable bonds is 10. The molecule has 4 aromatic rings. The number of nitrogens with zero attached hydrogens (tertiary/aromatic N) is 6. The quantitative estimate of drug-likeness (QED) is 0.0578. The van der Waals surface area contributed by atoms with Gasteiger partial charge >= 0.3 is 11.4 Å². The number of carbonyl (C=O) groups excluding carboxylic acids is 2. The first-order chi connectivity index (χ1) is 27.1. The monoisotopic (exact) mass is 846 g/mol. The summed E-state index contributed by atoms with van der Waals surface area (Å²) >= 11 is 13.8. The van der Waals surface area contributed by atoms with Crippen molar-refractivity contribution in [3.05, 3.63) is 129 Å². The summed E-state index contributed by atoms with van der Waals surface area (Å²) in [7, 11) is 0. The lowest BCUT2D eigenvalue weighted by atomic mass is 10.0. The zero-order valence-electron chi connectivity index (χ0n) is 30.7. The van der Waals surface area contributed by atoms with Crippen molar-refractivity contribution in [3.8, 4) is 0 Å². The molecule has 2 aliphatic heterocycles. The minimum atomic E-state index is -0.948. The number of hydrogen-bond acceptors (Lipinski definition) is 14. The molecule has 2 aliphatic rings. The third-order valence-corrected chi connectivity index (χ3v) is 10.3. The zero-order valence-corrected chi connectivity index (χ0v) is 33.1. The highest BCUT2D eigenvalue weighted by Gasteiger charge is 2.36. The Morgan fingerprint density at radius 2 is 1.81 bits per heavy atom. The molecular formula is C35H40Cl2N10O9S. The van der Waals surface area contributed by atoms with Gasteiger partial charge in [0, 0.05) is 61.9 Å². The van der Waals surface area contributed by atoms with Crippen LogP contribution in [0.25, 0.3) is 10.4 Å². The summed E-state index contributed by atoms with van der Waals surface area (Å²) in [5.41, 5.74) is 20.2. The number of aliphatic hydroxyl groups excluding tert-OH is 2. The maximum Gasteiger partial charge on any atom is 0.351 e. The number of Topliss-reactive ketones (excluding diaryl/α,β-unsaturated/α-hetero) is 1. The number of halogens is 2. The Labute approximate surface area is 338 Å². The average molecular weight is 848 g/mol. The predicted octanol–water partition coefficient (Wildman–Crippen LogP) is 3.35. The molecule has 57 heavy (non-hydrogen) atoms. The molecule has 0 saturated carbocycles. The first-order valence-corrected chi connectivity index (χ1v) is 18.8. The molecule has 304 valence electrons. The number of ketones is 1. The third-order valence-electron chi connectivity index (χ3n) is 8.51. The number of primary amides is 1. The third kappa shape index (κ3) is 11.5. The van der Waals surface area contributed by atoms with E-state index in [2.05, 4.69) is 25.3 Å². The smallest absolute Gasteiger partial charge is 0.351 e. The number of nitrogens with two attached hydrogens (primary N) is 2. The highest BCUT2D eigenvalue weighted by atomic mass is 35.5. The molecule has 8 N–H and O–H groups in total. The zero-order chi connectivity index (χ0) is 42.0. The van der Waals surface area contributed by atoms with E-state index in [1.165, 1.54) is 34.0 Å². The molecule has 1 unspecified atom stereocenters. The van der Waals surface area contributed by atoms with Gasteiger partial charge in [0.15, 0.2) is 5.78 Å². The van der Waals surface area contributed by atoms with Crippen molar-refractivity contribution in [2.75, 3.05) is 30.0 Å². The fraction of sp³-hybridized carbons (Fsp3) is 0.371. The number of nitrogens with one attached hydrogen (secondary N) is 2. The Bertz CT molecular complexity index is 2300. The number of H-pyrrole nitrogens is 1. The lowest BCUT2D eigenvalue weighted by molar-refractivity contribution is -0.118. The molecule has 6 atom stereocenters. The molecule has 2 saturated heterocycles. The van der Waals surface area contributed by atoms with Crippen molar-refractivity contribution < 1.29 is 29.3 Å². The van der Waals surface area contributed by atoms with Crippen LogP contribution in [0.2, 0.25) is 10.0 Å². The van der Waals surface area contributed by atoms with Gasteiger partial charge in [-0.2, -0.15) is 4.98 Å². The second-order valence-electron chi connectivity index (χ2n) is 12.6. The van der Waals surface area contributed by atoms with Gasteiger partial charge < -0.3 is 36.5 Å². The average Bonchev–Trinajstić information content (AvgIpc) is 3.80. The summed E-state index contributed by atoms with van der Waals surface area (Å²) in [4.78, 5) is 66.6. The Morgan fingerprint density at radius 3 is 2.39 bits per heavy atom. The minimum Gasteiger partial charge on any atom is -0.394 e. The molecule has 1 amide bonds. The van der Waals surface area contributed by atoms with Crippen molar-refractivity contribution in [1.82, 2.24) is 19.1 Å². The number of aromatic amines is 1. The number of aliphatic hydroxyl groups is 2. The Morgan fingerprint density at radius 1 is 1.11 bits per heavy atom. The second kappa shape index (κ2) is 20.3. The number of aromatic nitrogens is 4. The molecule has 0 bridgehead atoms. The number of ether oxygens (including phenoxy) is 2. The molecule has 2 aromatic heterocycles. The number of thioether (sulfide) groups is 1. The number of aryl methyl sites for hydroxylation is 2. The molecule has 4 heterocycles. The standard InChI is InChI=1S/C17H16Cl2N2O2.C10H13N5O4.C8H11N3O3S/c1-9-6-7-11(10(2)22)14(8-9)21-16(17(20)23)15-12(18)4-3-5-13(15)19;1-5-3-15(10(18)12-9(5)17)8-2-6(13-14-11)7(4-16)19-8;9-5-1-2-11(8(13)10-5)6-4-15-7(3-12)14-6/h3-8,16,21H,1-2H3,(H2,20,23);3,6-8,16H,2,4H2,1H3,(H,12,17,18);1-2,6-7,12H,3-4H2,(H2,9,10,13)/t;6-,7+,8+;6-,7+/m.00/s1. The van der Waals surface area contributed by atoms with Crippen molar-refractivity contribution >= 4 is 58.2 Å². The van der Waals surface area contributed by atoms with Crippen LogP contribution in [-0.4, -0.2) is 77.6 Å². The van der Waals surface area contributed by atoms with Gasteiger partial charge in [0.2, 0.25) is 5.91 Å². The van der Waals surface area contributed by atoms with Crippen molar-refractivity contribution in [2.45, 2.75) is 63.3 Å². The summed E-state index contributed by atoms with van der Waals surface area (Å²) in [5, 5.41) is 25.2. The maximum atomic E-state index is 11.9. The number of hydrogen-bond donors (Lipinski definition) is 6. The molecule has 6 rings (SSSR count). The first kappa shape index (κ1) is 44.5. The Hall–Kier alpha value is -5.18. The minimum absolute atomic E-state index is 0.0572. The van der Waals surface area contributed by atoms with E-state index in [1.807, 2.05) is 13.0 Å². The fourth-order valence-corrected chi connectivity index (χ4v) is 7.23. The lowest BCUT2D eigenvalue weighted by Gasteiger charge is -2.21. The van der Waals surface area contributed by atoms with Crippen LogP contribution < -0.4 is 33.7 Å². The van der Waals surface area contributed by atoms with Gasteiger partial charge in [0.05, 0.1) is 25.4 Å². The topological polar surface area (TPSA) is 296 Å². The van der Waals surface area contributed by atoms with Gasteiger partial charge in [0.25, 0.3) is 5.56 Å². The summed E-state index contributed by atoms with van der Waals surface area (Å²) in [5.74, 6) is 0.0501. The normalized spacial score (nSPS) is 20.2. The SMILES string of the molecule is CC(=O)c1ccc(C)cc1NC(C(N)=O)c1c(Cl)cccc1Cl.Cc1cn([C@H]2C[C@H](N=[N+]=[N-])[C@@H](CO)O2)c(=O)[nH]c1=O.Nc1ccn([C@@H]2CS[C@H](CO)O2)c(=O)n1. The summed E-state index contributed by atoms with van der Waals surface area (Å²) in [6.07, 6.45) is 1.51. The van der Waals surface area contributed by atoms with Gasteiger partial charge in [-0.1, -0.05) is 40.4 Å². The molecule has 0 aliphatic carbocycles. The maximum absolute atomic E-state index is 11.9. The van der Waals surface area contributed by atoms with E-state index in [0.717, 1.165) is 5.56 Å². The molecule has 2 aromatic carbocycles. The first-order valence-electron chi connectivity index (χ1n) is 17.0. The Kier molecular flexibility index (Phi) is 15.9. The van der Waals surface area contributed by atoms with Crippen molar-refractivity contribution in [1.29, 1.82) is 0 Å². The highest BCUT2D eigenvalue weighted by Crippen LogP contribution is 2.34. The van der Waals surface area contributed by atoms with Crippen LogP contribution >= 0.6 is 35.0 Å². The largest absolute Gasteiger partial charge is 0.394 e. The van der Waals surface area contributed by atoms with Crippen LogP contribution in [0.1, 0.15) is 58.9 Å². The molecule has 0 radical (unpaired) electrons. The number of nitrogen functional groups attached to an aromatic ring is 1. The molecule has 0 spiro atoms. The van der Waals surface area contributed by atoms with E-state index in [4.69, 9.17) is 59.9 Å². The Balaban J connectivity index is 0.000000194.